The zero-order valence-electron chi connectivity index (χ0n) is 13.4. The van der Waals surface area contributed by atoms with Gasteiger partial charge in [0.1, 0.15) is 5.75 Å². The van der Waals surface area contributed by atoms with E-state index in [-0.39, 0.29) is 5.76 Å². The quantitative estimate of drug-likeness (QED) is 0.794. The molecule has 2 aromatic carbocycles. The molecule has 0 fully saturated rings. The van der Waals surface area contributed by atoms with Crippen molar-refractivity contribution in [1.29, 1.82) is 5.26 Å². The number of benzene rings is 2. The summed E-state index contributed by atoms with van der Waals surface area (Å²) >= 11 is 0. The van der Waals surface area contributed by atoms with Crippen LogP contribution in [0.15, 0.2) is 45.6 Å². The minimum Gasteiger partial charge on any atom is -0.496 e. The Hall–Kier alpha value is -3.04. The van der Waals surface area contributed by atoms with Crippen LogP contribution >= 0.6 is 0 Å². The Morgan fingerprint density at radius 2 is 2.00 bits per heavy atom. The average molecular weight is 323 g/mol. The molecule has 1 heterocycles. The van der Waals surface area contributed by atoms with Crippen molar-refractivity contribution in [2.45, 2.75) is 12.5 Å². The number of nitrogens with two attached hydrogens (primary N) is 1. The highest BCUT2D eigenvalue weighted by atomic mass is 16.5. The van der Waals surface area contributed by atoms with Crippen molar-refractivity contribution in [3.63, 3.8) is 0 Å². The number of methoxy groups -OCH3 is 1. The van der Waals surface area contributed by atoms with Gasteiger partial charge >= 0.3 is 5.76 Å². The Kier molecular flexibility index (Phi) is 4.11. The summed E-state index contributed by atoms with van der Waals surface area (Å²) in [5, 5.41) is 8.87. The molecule has 0 aliphatic rings. The van der Waals surface area contributed by atoms with Gasteiger partial charge in [0.05, 0.1) is 24.7 Å². The number of hydrogen-bond donors (Lipinski definition) is 1. The SMILES string of the molecule is COc1cc(-c2ccc3oc(=O)n(C)c3c2)ccc1C[C@H](N)C#N. The van der Waals surface area contributed by atoms with Crippen molar-refractivity contribution in [3.05, 3.63) is 52.5 Å². The van der Waals surface area contributed by atoms with Crippen LogP contribution in [0.3, 0.4) is 0 Å². The van der Waals surface area contributed by atoms with E-state index in [0.717, 1.165) is 22.2 Å². The number of fused-ring (bicyclic) bond motifs is 1. The van der Waals surface area contributed by atoms with Gasteiger partial charge < -0.3 is 14.9 Å². The first kappa shape index (κ1) is 15.8. The molecule has 6 nitrogen and oxygen atoms in total. The van der Waals surface area contributed by atoms with Crippen LogP contribution in [-0.4, -0.2) is 17.7 Å². The maximum absolute atomic E-state index is 11.6. The van der Waals surface area contributed by atoms with Crippen LogP contribution in [0, 0.1) is 11.3 Å². The molecule has 0 saturated carbocycles. The van der Waals surface area contributed by atoms with E-state index < -0.39 is 6.04 Å². The number of hydrogen-bond acceptors (Lipinski definition) is 5. The molecular formula is C18H17N3O3. The van der Waals surface area contributed by atoms with E-state index in [1.165, 1.54) is 4.57 Å². The summed E-state index contributed by atoms with van der Waals surface area (Å²) in [7, 11) is 3.26. The number of nitriles is 1. The van der Waals surface area contributed by atoms with E-state index in [1.54, 1.807) is 20.2 Å². The first-order chi connectivity index (χ1) is 11.5. The van der Waals surface area contributed by atoms with Crippen LogP contribution < -0.4 is 16.2 Å². The van der Waals surface area contributed by atoms with Gasteiger partial charge in [-0.25, -0.2) is 4.79 Å². The Bertz CT molecular complexity index is 995. The van der Waals surface area contributed by atoms with Gasteiger partial charge in [0, 0.05) is 13.5 Å². The Morgan fingerprint density at radius 1 is 1.29 bits per heavy atom. The molecule has 0 saturated heterocycles. The molecule has 0 unspecified atom stereocenters. The Morgan fingerprint density at radius 3 is 2.71 bits per heavy atom. The number of aryl methyl sites for hydroxylation is 1. The second-order valence-corrected chi connectivity index (χ2v) is 5.58. The number of nitrogens with zero attached hydrogens (tertiary/aromatic N) is 2. The lowest BCUT2D eigenvalue weighted by molar-refractivity contribution is 0.409. The minimum absolute atomic E-state index is 0.388. The van der Waals surface area contributed by atoms with Crippen LogP contribution in [0.1, 0.15) is 5.56 Å². The lowest BCUT2D eigenvalue weighted by atomic mass is 9.99. The number of rotatable bonds is 4. The summed E-state index contributed by atoms with van der Waals surface area (Å²) in [4.78, 5) is 11.6. The van der Waals surface area contributed by atoms with Gasteiger partial charge in [-0.2, -0.15) is 5.26 Å². The van der Waals surface area contributed by atoms with Crippen LogP contribution in [0.4, 0.5) is 0 Å². The lowest BCUT2D eigenvalue weighted by Gasteiger charge is -2.12. The van der Waals surface area contributed by atoms with E-state index in [0.29, 0.717) is 17.8 Å². The highest BCUT2D eigenvalue weighted by Crippen LogP contribution is 2.29. The molecule has 24 heavy (non-hydrogen) atoms. The van der Waals surface area contributed by atoms with E-state index in [4.69, 9.17) is 20.1 Å². The summed E-state index contributed by atoms with van der Waals surface area (Å²) in [6, 6.07) is 12.8. The van der Waals surface area contributed by atoms with Crippen molar-refractivity contribution < 1.29 is 9.15 Å². The normalized spacial score (nSPS) is 12.1. The molecule has 0 radical (unpaired) electrons. The Labute approximate surface area is 138 Å². The summed E-state index contributed by atoms with van der Waals surface area (Å²) < 4.78 is 12.0. The molecule has 2 N–H and O–H groups in total. The molecule has 0 bridgehead atoms. The molecule has 3 rings (SSSR count). The predicted molar refractivity (Wildman–Crippen MR) is 90.7 cm³/mol. The van der Waals surface area contributed by atoms with Crippen LogP contribution in [0.2, 0.25) is 0 Å². The second kappa shape index (κ2) is 6.22. The van der Waals surface area contributed by atoms with Crippen molar-refractivity contribution in [3.8, 4) is 22.9 Å². The minimum atomic E-state index is -0.568. The standard InChI is InChI=1S/C18H17N3O3/c1-21-15-8-11(5-6-16(15)24-18(21)22)12-3-4-13(7-14(20)10-19)17(9-12)23-2/h3-6,8-9,14H,7,20H2,1-2H3/t14-/m0/s1. The van der Waals surface area contributed by atoms with Crippen molar-refractivity contribution in [1.82, 2.24) is 4.57 Å². The Balaban J connectivity index is 2.05. The molecule has 6 heteroatoms. The molecule has 122 valence electrons. The maximum atomic E-state index is 11.6. The maximum Gasteiger partial charge on any atom is 0.419 e. The molecule has 3 aromatic rings. The van der Waals surface area contributed by atoms with Crippen LogP contribution in [0.25, 0.3) is 22.2 Å². The fourth-order valence-electron chi connectivity index (χ4n) is 2.68. The van der Waals surface area contributed by atoms with Crippen LogP contribution in [0.5, 0.6) is 5.75 Å². The molecule has 0 aliphatic carbocycles. The van der Waals surface area contributed by atoms with Gasteiger partial charge in [-0.3, -0.25) is 4.57 Å². The summed E-state index contributed by atoms with van der Waals surface area (Å²) in [6.07, 6.45) is 0.426. The molecule has 1 aromatic heterocycles. The van der Waals surface area contributed by atoms with E-state index in [1.807, 2.05) is 36.4 Å². The average Bonchev–Trinajstić information content (AvgIpc) is 2.89. The van der Waals surface area contributed by atoms with E-state index >= 15 is 0 Å². The van der Waals surface area contributed by atoms with Crippen molar-refractivity contribution in [2.24, 2.45) is 12.8 Å². The smallest absolute Gasteiger partial charge is 0.419 e. The largest absolute Gasteiger partial charge is 0.496 e. The third-order valence-corrected chi connectivity index (χ3v) is 4.02. The van der Waals surface area contributed by atoms with E-state index in [9.17, 15) is 4.79 Å². The monoisotopic (exact) mass is 323 g/mol. The first-order valence-electron chi connectivity index (χ1n) is 7.45. The van der Waals surface area contributed by atoms with Crippen molar-refractivity contribution in [2.75, 3.05) is 7.11 Å². The second-order valence-electron chi connectivity index (χ2n) is 5.58. The fraction of sp³-hybridized carbons (Fsp3) is 0.222. The molecule has 1 atom stereocenters. The molecular weight excluding hydrogens is 306 g/mol. The van der Waals surface area contributed by atoms with E-state index in [2.05, 4.69) is 0 Å². The predicted octanol–water partition coefficient (Wildman–Crippen LogP) is 2.20. The highest BCUT2D eigenvalue weighted by Gasteiger charge is 2.12. The third-order valence-electron chi connectivity index (χ3n) is 4.02. The van der Waals surface area contributed by atoms with Gasteiger partial charge in [0.2, 0.25) is 0 Å². The summed E-state index contributed by atoms with van der Waals surface area (Å²) in [5.74, 6) is 0.292. The molecule has 0 aliphatic heterocycles. The zero-order chi connectivity index (χ0) is 17.3. The first-order valence-corrected chi connectivity index (χ1v) is 7.45. The van der Waals surface area contributed by atoms with Gasteiger partial charge in [0.15, 0.2) is 5.58 Å². The van der Waals surface area contributed by atoms with Crippen molar-refractivity contribution >= 4 is 11.1 Å². The lowest BCUT2D eigenvalue weighted by Crippen LogP contribution is -2.20. The summed E-state index contributed by atoms with van der Waals surface area (Å²) in [5.41, 5.74) is 9.74. The molecule has 0 spiro atoms. The van der Waals surface area contributed by atoms with Gasteiger partial charge in [0.25, 0.3) is 0 Å². The number of aromatic nitrogens is 1. The van der Waals surface area contributed by atoms with Crippen LogP contribution in [-0.2, 0) is 13.5 Å². The summed E-state index contributed by atoms with van der Waals surface area (Å²) in [6.45, 7) is 0. The topological polar surface area (TPSA) is 94.2 Å². The van der Waals surface area contributed by atoms with Gasteiger partial charge in [-0.15, -0.1) is 0 Å². The molecule has 0 amide bonds. The third kappa shape index (κ3) is 2.77. The number of ether oxygens (including phenoxy) is 1. The zero-order valence-corrected chi connectivity index (χ0v) is 13.4. The number of oxazole rings is 1. The van der Waals surface area contributed by atoms with Gasteiger partial charge in [-0.1, -0.05) is 18.2 Å². The fourth-order valence-corrected chi connectivity index (χ4v) is 2.68. The van der Waals surface area contributed by atoms with Gasteiger partial charge in [-0.05, 0) is 34.9 Å². The highest BCUT2D eigenvalue weighted by molar-refractivity contribution is 5.81.